The van der Waals surface area contributed by atoms with E-state index >= 15 is 0 Å². The molecule has 8 heteroatoms. The number of rotatable bonds is 6. The first-order valence-corrected chi connectivity index (χ1v) is 12.4. The van der Waals surface area contributed by atoms with Gasteiger partial charge in [-0.25, -0.2) is 13.4 Å². The number of nitrogens with zero attached hydrogens (tertiary/aromatic N) is 2. The topological polar surface area (TPSA) is 80.5 Å². The number of amides is 1. The van der Waals surface area contributed by atoms with E-state index in [2.05, 4.69) is 6.07 Å². The number of hydrogen-bond donors (Lipinski definition) is 0. The molecule has 0 radical (unpaired) electrons. The third kappa shape index (κ3) is 4.70. The number of carbonyl (C=O) groups is 1. The summed E-state index contributed by atoms with van der Waals surface area (Å²) in [6.45, 7) is 4.34. The normalized spacial score (nSPS) is 11.7. The van der Waals surface area contributed by atoms with Gasteiger partial charge in [0.05, 0.1) is 34.3 Å². The minimum absolute atomic E-state index is 0.124. The molecule has 2 aromatic heterocycles. The molecule has 160 valence electrons. The Morgan fingerprint density at radius 3 is 2.52 bits per heavy atom. The highest BCUT2D eigenvalue weighted by Gasteiger charge is 2.22. The van der Waals surface area contributed by atoms with Crippen molar-refractivity contribution < 1.29 is 17.6 Å². The molecule has 6 nitrogen and oxygen atoms in total. The Morgan fingerprint density at radius 1 is 1.13 bits per heavy atom. The molecule has 31 heavy (non-hydrogen) atoms. The molecule has 4 rings (SSSR count). The minimum Gasteiger partial charge on any atom is -0.467 e. The third-order valence-corrected chi connectivity index (χ3v) is 7.30. The van der Waals surface area contributed by atoms with Gasteiger partial charge in [-0.05, 0) is 60.9 Å². The predicted octanol–water partition coefficient (Wildman–Crippen LogP) is 4.69. The molecule has 0 spiro atoms. The first-order chi connectivity index (χ1) is 14.7. The summed E-state index contributed by atoms with van der Waals surface area (Å²) in [4.78, 5) is 19.9. The second-order valence-electron chi connectivity index (χ2n) is 7.58. The van der Waals surface area contributed by atoms with E-state index in [4.69, 9.17) is 9.40 Å². The molecular formula is C23H22N2O4S2. The van der Waals surface area contributed by atoms with Gasteiger partial charge in [-0.2, -0.15) is 0 Å². The lowest BCUT2D eigenvalue weighted by Gasteiger charge is -2.19. The van der Waals surface area contributed by atoms with Gasteiger partial charge in [0, 0.05) is 6.26 Å². The van der Waals surface area contributed by atoms with Crippen molar-refractivity contribution in [1.29, 1.82) is 0 Å². The van der Waals surface area contributed by atoms with Crippen molar-refractivity contribution in [3.05, 3.63) is 77.2 Å². The van der Waals surface area contributed by atoms with Crippen LogP contribution >= 0.6 is 11.3 Å². The number of thiazole rings is 1. The Morgan fingerprint density at radius 2 is 1.87 bits per heavy atom. The summed E-state index contributed by atoms with van der Waals surface area (Å²) < 4.78 is 29.9. The summed E-state index contributed by atoms with van der Waals surface area (Å²) in [6, 6.07) is 14.1. The summed E-state index contributed by atoms with van der Waals surface area (Å²) in [6.07, 6.45) is 2.86. The Hall–Kier alpha value is -2.97. The van der Waals surface area contributed by atoms with Crippen molar-refractivity contribution >= 4 is 42.4 Å². The highest BCUT2D eigenvalue weighted by Crippen LogP contribution is 2.33. The van der Waals surface area contributed by atoms with Gasteiger partial charge >= 0.3 is 0 Å². The summed E-state index contributed by atoms with van der Waals surface area (Å²) >= 11 is 1.48. The fraction of sp³-hybridized carbons (Fsp3) is 0.217. The van der Waals surface area contributed by atoms with Crippen molar-refractivity contribution in [1.82, 2.24) is 4.98 Å². The van der Waals surface area contributed by atoms with Crippen molar-refractivity contribution in [3.8, 4) is 0 Å². The number of aryl methyl sites for hydroxylation is 2. The first-order valence-electron chi connectivity index (χ1n) is 9.70. The van der Waals surface area contributed by atoms with Crippen LogP contribution < -0.4 is 4.90 Å². The van der Waals surface area contributed by atoms with Crippen LogP contribution in [0, 0.1) is 13.8 Å². The predicted molar refractivity (Wildman–Crippen MR) is 122 cm³/mol. The molecule has 2 aromatic carbocycles. The fourth-order valence-electron chi connectivity index (χ4n) is 3.43. The Labute approximate surface area is 185 Å². The largest absolute Gasteiger partial charge is 0.467 e. The Kier molecular flexibility index (Phi) is 5.68. The van der Waals surface area contributed by atoms with Gasteiger partial charge in [-0.1, -0.05) is 29.5 Å². The second kappa shape index (κ2) is 8.28. The van der Waals surface area contributed by atoms with E-state index in [1.165, 1.54) is 23.5 Å². The summed E-state index contributed by atoms with van der Waals surface area (Å²) in [5.41, 5.74) is 3.85. The van der Waals surface area contributed by atoms with E-state index in [9.17, 15) is 13.2 Å². The number of benzene rings is 2. The maximum Gasteiger partial charge on any atom is 0.233 e. The van der Waals surface area contributed by atoms with Crippen LogP contribution in [0.3, 0.4) is 0 Å². The third-order valence-electron chi connectivity index (χ3n) is 4.94. The van der Waals surface area contributed by atoms with Crippen molar-refractivity contribution in [2.45, 2.75) is 31.7 Å². The van der Waals surface area contributed by atoms with Gasteiger partial charge in [0.15, 0.2) is 15.0 Å². The van der Waals surface area contributed by atoms with Gasteiger partial charge in [-0.3, -0.25) is 9.69 Å². The summed E-state index contributed by atoms with van der Waals surface area (Å²) in [5.74, 6) is 0.518. The smallest absolute Gasteiger partial charge is 0.233 e. The Balaban J connectivity index is 1.66. The first kappa shape index (κ1) is 21.3. The highest BCUT2D eigenvalue weighted by atomic mass is 32.2. The molecule has 0 unspecified atom stereocenters. The molecule has 0 N–H and O–H groups in total. The van der Waals surface area contributed by atoms with Crippen LogP contribution in [0.1, 0.15) is 22.5 Å². The van der Waals surface area contributed by atoms with Crippen LogP contribution in [0.4, 0.5) is 5.13 Å². The summed E-state index contributed by atoms with van der Waals surface area (Å²) in [7, 11) is -3.28. The van der Waals surface area contributed by atoms with E-state index in [1.807, 2.05) is 26.0 Å². The van der Waals surface area contributed by atoms with Crippen LogP contribution in [0.5, 0.6) is 0 Å². The zero-order valence-electron chi connectivity index (χ0n) is 17.5. The lowest BCUT2D eigenvalue weighted by atomic mass is 10.1. The molecule has 0 aliphatic rings. The lowest BCUT2D eigenvalue weighted by molar-refractivity contribution is -0.118. The van der Waals surface area contributed by atoms with E-state index in [0.29, 0.717) is 10.9 Å². The molecule has 0 aliphatic heterocycles. The molecule has 1 amide bonds. The zero-order chi connectivity index (χ0) is 22.2. The molecular weight excluding hydrogens is 432 g/mol. The van der Waals surface area contributed by atoms with Crippen LogP contribution in [0.25, 0.3) is 10.2 Å². The molecule has 0 saturated carbocycles. The average Bonchev–Trinajstić information content (AvgIpc) is 3.35. The molecule has 0 aliphatic carbocycles. The number of carbonyl (C=O) groups excluding carboxylic acids is 1. The van der Waals surface area contributed by atoms with Crippen LogP contribution in [-0.4, -0.2) is 25.6 Å². The SMILES string of the molecule is Cc1cc(C)c2sc(N(Cc3ccco3)C(=O)Cc3ccc(S(C)(=O)=O)cc3)nc2c1. The zero-order valence-corrected chi connectivity index (χ0v) is 19.1. The molecule has 0 fully saturated rings. The maximum absolute atomic E-state index is 13.3. The van der Waals surface area contributed by atoms with Gasteiger partial charge in [0.25, 0.3) is 0 Å². The number of hydrogen-bond acceptors (Lipinski definition) is 6. The standard InChI is InChI=1S/C23H22N2O4S2/c1-15-11-16(2)22-20(12-15)24-23(30-22)25(14-18-5-4-10-29-18)21(26)13-17-6-8-19(9-7-17)31(3,27)28/h4-12H,13-14H2,1-3H3. The van der Waals surface area contributed by atoms with E-state index in [1.54, 1.807) is 29.4 Å². The quantitative estimate of drug-likeness (QED) is 0.422. The number of aromatic nitrogens is 1. The van der Waals surface area contributed by atoms with Crippen LogP contribution in [0.15, 0.2) is 64.1 Å². The monoisotopic (exact) mass is 454 g/mol. The molecule has 4 aromatic rings. The number of furan rings is 1. The van der Waals surface area contributed by atoms with E-state index in [-0.39, 0.29) is 23.8 Å². The average molecular weight is 455 g/mol. The van der Waals surface area contributed by atoms with Gasteiger partial charge in [0.1, 0.15) is 5.76 Å². The number of fused-ring (bicyclic) bond motifs is 1. The van der Waals surface area contributed by atoms with Crippen molar-refractivity contribution in [2.75, 3.05) is 11.2 Å². The molecule has 0 saturated heterocycles. The maximum atomic E-state index is 13.3. The van der Waals surface area contributed by atoms with Gasteiger partial charge in [0.2, 0.25) is 5.91 Å². The van der Waals surface area contributed by atoms with Crippen LogP contribution in [-0.2, 0) is 27.6 Å². The van der Waals surface area contributed by atoms with E-state index in [0.717, 1.165) is 33.2 Å². The van der Waals surface area contributed by atoms with Crippen LogP contribution in [0.2, 0.25) is 0 Å². The fourth-order valence-corrected chi connectivity index (χ4v) is 5.09. The second-order valence-corrected chi connectivity index (χ2v) is 10.6. The molecule has 2 heterocycles. The van der Waals surface area contributed by atoms with Gasteiger partial charge in [-0.15, -0.1) is 0 Å². The number of sulfone groups is 1. The molecule has 0 atom stereocenters. The van der Waals surface area contributed by atoms with E-state index < -0.39 is 9.84 Å². The van der Waals surface area contributed by atoms with Crippen molar-refractivity contribution in [3.63, 3.8) is 0 Å². The Bertz CT molecular complexity index is 1340. The van der Waals surface area contributed by atoms with Gasteiger partial charge < -0.3 is 4.42 Å². The molecule has 0 bridgehead atoms. The van der Waals surface area contributed by atoms with Crippen molar-refractivity contribution in [2.24, 2.45) is 0 Å². The highest BCUT2D eigenvalue weighted by molar-refractivity contribution is 7.90. The number of anilines is 1. The summed E-state index contributed by atoms with van der Waals surface area (Å²) in [5, 5.41) is 0.609. The lowest BCUT2D eigenvalue weighted by Crippen LogP contribution is -2.31. The minimum atomic E-state index is -3.28.